The molecule has 2 rings (SSSR count). The molecule has 0 fully saturated rings. The van der Waals surface area contributed by atoms with Crippen molar-refractivity contribution in [2.24, 2.45) is 0 Å². The average molecular weight is 372 g/mol. The molecule has 0 atom stereocenters. The van der Waals surface area contributed by atoms with E-state index < -0.39 is 11.9 Å². The molecular weight excluding hydrogens is 363 g/mol. The number of rotatable bonds is 4. The highest BCUT2D eigenvalue weighted by molar-refractivity contribution is 6.43. The van der Waals surface area contributed by atoms with Gasteiger partial charge in [0.05, 0.1) is 10.0 Å². The van der Waals surface area contributed by atoms with Crippen molar-refractivity contribution in [1.82, 2.24) is 0 Å². The number of halogens is 3. The van der Waals surface area contributed by atoms with Gasteiger partial charge in [-0.05, 0) is 24.3 Å². The van der Waals surface area contributed by atoms with Crippen molar-refractivity contribution >= 4 is 46.7 Å². The van der Waals surface area contributed by atoms with Gasteiger partial charge in [-0.1, -0.05) is 53.0 Å². The molecule has 0 aliphatic rings. The number of carbonyl (C=O) groups is 2. The third-order valence-electron chi connectivity index (χ3n) is 2.53. The summed E-state index contributed by atoms with van der Waals surface area (Å²) in [5.74, 6) is -1.29. The highest BCUT2D eigenvalue weighted by Gasteiger charge is 2.10. The van der Waals surface area contributed by atoms with Gasteiger partial charge in [-0.3, -0.25) is 0 Å². The second-order valence-electron chi connectivity index (χ2n) is 4.16. The van der Waals surface area contributed by atoms with Crippen molar-refractivity contribution in [1.29, 1.82) is 0 Å². The summed E-state index contributed by atoms with van der Waals surface area (Å²) in [4.78, 5) is 23.3. The molecule has 0 spiro atoms. The second kappa shape index (κ2) is 8.02. The predicted octanol–water partition coefficient (Wildman–Crippen LogP) is 4.71. The fourth-order valence-corrected chi connectivity index (χ4v) is 2.02. The minimum Gasteiger partial charge on any atom is -0.422 e. The van der Waals surface area contributed by atoms with Gasteiger partial charge >= 0.3 is 11.9 Å². The summed E-state index contributed by atoms with van der Waals surface area (Å²) >= 11 is 17.5. The van der Waals surface area contributed by atoms with Gasteiger partial charge in [-0.15, -0.1) is 0 Å². The molecule has 23 heavy (non-hydrogen) atoms. The number of ether oxygens (including phenoxy) is 2. The minimum atomic E-state index is -0.801. The number of hydrogen-bond donors (Lipinski definition) is 0. The van der Waals surface area contributed by atoms with Crippen LogP contribution in [0.5, 0.6) is 11.5 Å². The van der Waals surface area contributed by atoms with Crippen LogP contribution in [0.1, 0.15) is 0 Å². The number of para-hydroxylation sites is 1. The van der Waals surface area contributed by atoms with E-state index in [-0.39, 0.29) is 26.6 Å². The van der Waals surface area contributed by atoms with Crippen molar-refractivity contribution in [3.05, 3.63) is 69.7 Å². The molecule has 0 unspecified atom stereocenters. The molecule has 118 valence electrons. The molecule has 0 bridgehead atoms. The number of esters is 2. The standard InChI is InChI=1S/C16H9Cl3O4/c17-10-4-1-2-6-12(10)22-14(20)8-9-15(21)23-13-7-3-5-11(18)16(13)19/h1-9H/b9-8+. The summed E-state index contributed by atoms with van der Waals surface area (Å²) in [5, 5.41) is 0.635. The van der Waals surface area contributed by atoms with Gasteiger partial charge in [-0.25, -0.2) is 9.59 Å². The number of benzene rings is 2. The zero-order valence-corrected chi connectivity index (χ0v) is 13.7. The van der Waals surface area contributed by atoms with Crippen molar-refractivity contribution in [2.75, 3.05) is 0 Å². The molecular formula is C16H9Cl3O4. The summed E-state index contributed by atoms with van der Waals surface area (Å²) in [6.07, 6.45) is 1.83. The molecule has 0 saturated heterocycles. The van der Waals surface area contributed by atoms with E-state index in [4.69, 9.17) is 44.3 Å². The zero-order chi connectivity index (χ0) is 16.8. The molecule has 0 aliphatic carbocycles. The normalized spacial score (nSPS) is 10.6. The summed E-state index contributed by atoms with van der Waals surface area (Å²) in [6, 6.07) is 11.1. The van der Waals surface area contributed by atoms with Crippen LogP contribution < -0.4 is 9.47 Å². The smallest absolute Gasteiger partial charge is 0.336 e. The summed E-state index contributed by atoms with van der Waals surface area (Å²) in [6.45, 7) is 0. The fraction of sp³-hybridized carbons (Fsp3) is 0. The Labute approximate surface area is 147 Å². The molecule has 0 N–H and O–H groups in total. The van der Waals surface area contributed by atoms with Gasteiger partial charge in [0.25, 0.3) is 0 Å². The largest absolute Gasteiger partial charge is 0.422 e. The van der Waals surface area contributed by atoms with Gasteiger partial charge in [0.1, 0.15) is 10.8 Å². The first kappa shape index (κ1) is 17.3. The van der Waals surface area contributed by atoms with Gasteiger partial charge in [0, 0.05) is 12.2 Å². The van der Waals surface area contributed by atoms with E-state index in [1.807, 2.05) is 0 Å². The highest BCUT2D eigenvalue weighted by Crippen LogP contribution is 2.31. The Morgan fingerprint density at radius 3 is 1.91 bits per heavy atom. The lowest BCUT2D eigenvalue weighted by atomic mass is 10.3. The Balaban J connectivity index is 1.97. The molecule has 0 heterocycles. The van der Waals surface area contributed by atoms with E-state index in [0.717, 1.165) is 12.2 Å². The van der Waals surface area contributed by atoms with Crippen molar-refractivity contribution in [2.45, 2.75) is 0 Å². The van der Waals surface area contributed by atoms with Crippen LogP contribution in [-0.2, 0) is 9.59 Å². The van der Waals surface area contributed by atoms with Gasteiger partial charge in [0.15, 0.2) is 5.75 Å². The molecule has 7 heteroatoms. The molecule has 0 aliphatic heterocycles. The lowest BCUT2D eigenvalue weighted by Gasteiger charge is -2.05. The summed E-state index contributed by atoms with van der Waals surface area (Å²) < 4.78 is 9.95. The van der Waals surface area contributed by atoms with Crippen LogP contribution in [0.2, 0.25) is 15.1 Å². The molecule has 2 aromatic rings. The van der Waals surface area contributed by atoms with Crippen molar-refractivity contribution in [3.63, 3.8) is 0 Å². The Morgan fingerprint density at radius 1 is 0.739 bits per heavy atom. The monoisotopic (exact) mass is 370 g/mol. The van der Waals surface area contributed by atoms with Crippen molar-refractivity contribution < 1.29 is 19.1 Å². The highest BCUT2D eigenvalue weighted by atomic mass is 35.5. The lowest BCUT2D eigenvalue weighted by Crippen LogP contribution is -2.08. The van der Waals surface area contributed by atoms with E-state index in [2.05, 4.69) is 0 Å². The minimum absolute atomic E-state index is 0.0910. The molecule has 0 aromatic heterocycles. The van der Waals surface area contributed by atoms with E-state index in [9.17, 15) is 9.59 Å². The van der Waals surface area contributed by atoms with E-state index >= 15 is 0 Å². The first-order valence-corrected chi connectivity index (χ1v) is 7.41. The maximum atomic E-state index is 11.7. The number of carbonyl (C=O) groups excluding carboxylic acids is 2. The summed E-state index contributed by atoms with van der Waals surface area (Å²) in [7, 11) is 0. The van der Waals surface area contributed by atoms with Crippen LogP contribution in [0.25, 0.3) is 0 Å². The summed E-state index contributed by atoms with van der Waals surface area (Å²) in [5.41, 5.74) is 0. The quantitative estimate of drug-likeness (QED) is 0.443. The van der Waals surface area contributed by atoms with Crippen LogP contribution >= 0.6 is 34.8 Å². The lowest BCUT2D eigenvalue weighted by molar-refractivity contribution is -0.131. The Hall–Kier alpha value is -2.01. The maximum absolute atomic E-state index is 11.7. The van der Waals surface area contributed by atoms with E-state index in [0.29, 0.717) is 0 Å². The van der Waals surface area contributed by atoms with Crippen LogP contribution in [0.4, 0.5) is 0 Å². The first-order valence-electron chi connectivity index (χ1n) is 6.27. The van der Waals surface area contributed by atoms with E-state index in [1.54, 1.807) is 30.3 Å². The Bertz CT molecular complexity index is 772. The average Bonchev–Trinajstić information content (AvgIpc) is 2.52. The first-order chi connectivity index (χ1) is 11.0. The topological polar surface area (TPSA) is 52.6 Å². The molecule has 0 amide bonds. The van der Waals surface area contributed by atoms with E-state index in [1.165, 1.54) is 12.1 Å². The Kier molecular flexibility index (Phi) is 6.04. The number of hydrogen-bond acceptors (Lipinski definition) is 4. The SMILES string of the molecule is O=C(/C=C/C(=O)Oc1cccc(Cl)c1Cl)Oc1ccccc1Cl. The predicted molar refractivity (Wildman–Crippen MR) is 88.3 cm³/mol. The third-order valence-corrected chi connectivity index (χ3v) is 3.64. The van der Waals surface area contributed by atoms with Gasteiger partial charge in [0.2, 0.25) is 0 Å². The van der Waals surface area contributed by atoms with Crippen LogP contribution in [0.15, 0.2) is 54.6 Å². The zero-order valence-electron chi connectivity index (χ0n) is 11.5. The van der Waals surface area contributed by atoms with Gasteiger partial charge < -0.3 is 9.47 Å². The third kappa shape index (κ3) is 4.99. The fourth-order valence-electron chi connectivity index (χ4n) is 1.51. The van der Waals surface area contributed by atoms with Crippen LogP contribution in [-0.4, -0.2) is 11.9 Å². The van der Waals surface area contributed by atoms with Crippen LogP contribution in [0.3, 0.4) is 0 Å². The Morgan fingerprint density at radius 2 is 1.26 bits per heavy atom. The molecule has 4 nitrogen and oxygen atoms in total. The molecule has 0 saturated carbocycles. The molecule has 2 aromatic carbocycles. The van der Waals surface area contributed by atoms with Gasteiger partial charge in [-0.2, -0.15) is 0 Å². The van der Waals surface area contributed by atoms with Crippen LogP contribution in [0, 0.1) is 0 Å². The van der Waals surface area contributed by atoms with Crippen molar-refractivity contribution in [3.8, 4) is 11.5 Å². The molecule has 0 radical (unpaired) electrons. The maximum Gasteiger partial charge on any atom is 0.336 e. The second-order valence-corrected chi connectivity index (χ2v) is 5.35.